The van der Waals surface area contributed by atoms with Crippen molar-refractivity contribution >= 4 is 40.1 Å². The number of esters is 1. The largest absolute Gasteiger partial charge is 0.491 e. The summed E-state index contributed by atoms with van der Waals surface area (Å²) in [4.78, 5) is 32.2. The van der Waals surface area contributed by atoms with Crippen LogP contribution in [0.4, 0.5) is 11.4 Å². The Morgan fingerprint density at radius 3 is 2.46 bits per heavy atom. The maximum absolute atomic E-state index is 13.5. The quantitative estimate of drug-likeness (QED) is 0.0633. The Kier molecular flexibility index (Phi) is 14.2. The maximum Gasteiger partial charge on any atom is 0.302 e. The molecule has 276 valence electrons. The van der Waals surface area contributed by atoms with Crippen LogP contribution in [0.15, 0.2) is 89.7 Å². The first-order chi connectivity index (χ1) is 25.2. The molecule has 1 aliphatic heterocycles. The van der Waals surface area contributed by atoms with E-state index in [1.165, 1.54) is 6.92 Å². The topological polar surface area (TPSA) is 112 Å². The SMILES string of the molecule is CCCCOCCOc1ccc(-c2ccc(N3CCC(OC(C)=O)C3)c(C=C(C)C(=O)Nc3ccc([S@@](=O)Cc4cncn4CCC)cc3)c2)cc1. The van der Waals surface area contributed by atoms with E-state index in [0.717, 1.165) is 79.2 Å². The highest BCUT2D eigenvalue weighted by Crippen LogP contribution is 2.33. The molecule has 1 aliphatic rings. The standard InChI is InChI=1S/C41H50N4O6S/c1-5-7-21-49-22-23-50-37-13-8-32(9-14-37)33-10-17-40(44-20-18-38(27-44)51-31(4)46)34(25-33)24-30(3)41(47)43-35-11-15-39(16-12-35)52(48)28-36-26-42-29-45(36)19-6-2/h8-17,24-26,29,38H,5-7,18-23,27-28H2,1-4H3,(H,43,47)/t38?,52-/m0/s1. The molecule has 1 saturated heterocycles. The van der Waals surface area contributed by atoms with Crippen LogP contribution in [0, 0.1) is 0 Å². The van der Waals surface area contributed by atoms with Crippen LogP contribution >= 0.6 is 0 Å². The molecule has 4 aromatic rings. The van der Waals surface area contributed by atoms with Gasteiger partial charge in [0.2, 0.25) is 0 Å². The summed E-state index contributed by atoms with van der Waals surface area (Å²) in [5.41, 5.74) is 5.92. The third-order valence-electron chi connectivity index (χ3n) is 8.82. The van der Waals surface area contributed by atoms with Gasteiger partial charge >= 0.3 is 5.97 Å². The van der Waals surface area contributed by atoms with Crippen LogP contribution in [0.5, 0.6) is 5.75 Å². The van der Waals surface area contributed by atoms with Gasteiger partial charge in [0.05, 0.1) is 41.7 Å². The van der Waals surface area contributed by atoms with E-state index in [0.29, 0.717) is 41.7 Å². The Morgan fingerprint density at radius 2 is 1.73 bits per heavy atom. The van der Waals surface area contributed by atoms with Gasteiger partial charge in [0, 0.05) is 61.1 Å². The molecule has 10 nitrogen and oxygen atoms in total. The van der Waals surface area contributed by atoms with Crippen molar-refractivity contribution < 1.29 is 28.0 Å². The molecule has 0 radical (unpaired) electrons. The summed E-state index contributed by atoms with van der Waals surface area (Å²) < 4.78 is 32.1. The predicted molar refractivity (Wildman–Crippen MR) is 207 cm³/mol. The molecule has 0 saturated carbocycles. The van der Waals surface area contributed by atoms with Gasteiger partial charge in [-0.25, -0.2) is 4.98 Å². The van der Waals surface area contributed by atoms with Gasteiger partial charge in [-0.2, -0.15) is 0 Å². The van der Waals surface area contributed by atoms with Gasteiger partial charge in [-0.1, -0.05) is 38.5 Å². The molecule has 0 aliphatic carbocycles. The second-order valence-electron chi connectivity index (χ2n) is 13.0. The smallest absolute Gasteiger partial charge is 0.302 e. The van der Waals surface area contributed by atoms with Crippen molar-refractivity contribution in [1.82, 2.24) is 9.55 Å². The fourth-order valence-corrected chi connectivity index (χ4v) is 7.19. The summed E-state index contributed by atoms with van der Waals surface area (Å²) in [5.74, 6) is 0.623. The van der Waals surface area contributed by atoms with Crippen molar-refractivity contribution in [3.8, 4) is 16.9 Å². The van der Waals surface area contributed by atoms with Crippen molar-refractivity contribution in [2.75, 3.05) is 43.1 Å². The summed E-state index contributed by atoms with van der Waals surface area (Å²) >= 11 is 0. The number of anilines is 2. The van der Waals surface area contributed by atoms with Crippen LogP contribution in [-0.4, -0.2) is 64.7 Å². The van der Waals surface area contributed by atoms with Crippen molar-refractivity contribution in [3.05, 3.63) is 96.1 Å². The van der Waals surface area contributed by atoms with Crippen LogP contribution in [0.3, 0.4) is 0 Å². The molecule has 2 atom stereocenters. The number of hydrogen-bond acceptors (Lipinski definition) is 8. The van der Waals surface area contributed by atoms with Crippen LogP contribution in [0.2, 0.25) is 0 Å². The van der Waals surface area contributed by atoms with E-state index in [1.807, 2.05) is 34.9 Å². The minimum Gasteiger partial charge on any atom is -0.491 e. The Hall–Kier alpha value is -4.74. The number of rotatable bonds is 18. The fourth-order valence-electron chi connectivity index (χ4n) is 6.07. The first-order valence-electron chi connectivity index (χ1n) is 18.1. The van der Waals surface area contributed by atoms with Gasteiger partial charge < -0.3 is 29.0 Å². The third kappa shape index (κ3) is 10.9. The molecule has 1 unspecified atom stereocenters. The molecule has 0 bridgehead atoms. The van der Waals surface area contributed by atoms with E-state index in [2.05, 4.69) is 47.2 Å². The first-order valence-corrected chi connectivity index (χ1v) is 19.4. The van der Waals surface area contributed by atoms with Crippen LogP contribution in [-0.2, 0) is 42.2 Å². The molecule has 1 amide bonds. The van der Waals surface area contributed by atoms with Crippen LogP contribution in [0.1, 0.15) is 64.6 Å². The third-order valence-corrected chi connectivity index (χ3v) is 10.2. The Balaban J connectivity index is 1.29. The first kappa shape index (κ1) is 38.5. The van der Waals surface area contributed by atoms with Gasteiger partial charge in [-0.15, -0.1) is 0 Å². The zero-order chi connectivity index (χ0) is 36.9. The Morgan fingerprint density at radius 1 is 0.962 bits per heavy atom. The van der Waals surface area contributed by atoms with E-state index in [-0.39, 0.29) is 18.0 Å². The minimum atomic E-state index is -1.25. The molecule has 1 fully saturated rings. The number of benzene rings is 3. The second-order valence-corrected chi connectivity index (χ2v) is 14.4. The van der Waals surface area contributed by atoms with Crippen molar-refractivity contribution in [2.45, 2.75) is 76.7 Å². The lowest BCUT2D eigenvalue weighted by molar-refractivity contribution is -0.145. The number of aryl methyl sites for hydroxylation is 1. The highest BCUT2D eigenvalue weighted by atomic mass is 32.2. The van der Waals surface area contributed by atoms with Crippen molar-refractivity contribution in [2.24, 2.45) is 0 Å². The lowest BCUT2D eigenvalue weighted by Crippen LogP contribution is -2.24. The van der Waals surface area contributed by atoms with Crippen LogP contribution in [0.25, 0.3) is 17.2 Å². The van der Waals surface area contributed by atoms with Crippen molar-refractivity contribution in [3.63, 3.8) is 0 Å². The average molecular weight is 727 g/mol. The average Bonchev–Trinajstić information content (AvgIpc) is 3.79. The number of unbranched alkanes of at least 4 members (excludes halogenated alkanes) is 1. The molecule has 11 heteroatoms. The second kappa shape index (κ2) is 19.2. The maximum atomic E-state index is 13.5. The van der Waals surface area contributed by atoms with Crippen LogP contribution < -0.4 is 15.0 Å². The number of nitrogens with zero attached hydrogens (tertiary/aromatic N) is 3. The van der Waals surface area contributed by atoms with Gasteiger partial charge in [0.15, 0.2) is 0 Å². The molecule has 1 aromatic heterocycles. The van der Waals surface area contributed by atoms with Gasteiger partial charge in [0.25, 0.3) is 5.91 Å². The Bertz CT molecular complexity index is 1840. The molecule has 3 aromatic carbocycles. The number of hydrogen-bond donors (Lipinski definition) is 1. The number of aromatic nitrogens is 2. The van der Waals surface area contributed by atoms with E-state index >= 15 is 0 Å². The van der Waals surface area contributed by atoms with Gasteiger partial charge in [0.1, 0.15) is 18.5 Å². The predicted octanol–water partition coefficient (Wildman–Crippen LogP) is 7.65. The molecular weight excluding hydrogens is 677 g/mol. The molecule has 0 spiro atoms. The molecule has 52 heavy (non-hydrogen) atoms. The Labute approximate surface area is 309 Å². The summed E-state index contributed by atoms with van der Waals surface area (Å²) in [7, 11) is -1.25. The molecule has 5 rings (SSSR count). The minimum absolute atomic E-state index is 0.182. The number of ether oxygens (including phenoxy) is 3. The van der Waals surface area contributed by atoms with E-state index < -0.39 is 10.8 Å². The summed E-state index contributed by atoms with van der Waals surface area (Å²) in [5, 5.41) is 2.99. The van der Waals surface area contributed by atoms with E-state index in [4.69, 9.17) is 14.2 Å². The summed E-state index contributed by atoms with van der Waals surface area (Å²) in [6.07, 6.45) is 9.11. The van der Waals surface area contributed by atoms with E-state index in [1.54, 1.807) is 43.7 Å². The zero-order valence-corrected chi connectivity index (χ0v) is 31.5. The monoisotopic (exact) mass is 726 g/mol. The fraction of sp³-hybridized carbons (Fsp3) is 0.390. The summed E-state index contributed by atoms with van der Waals surface area (Å²) in [6.45, 7) is 11.4. The van der Waals surface area contributed by atoms with E-state index in [9.17, 15) is 13.8 Å². The summed E-state index contributed by atoms with van der Waals surface area (Å²) in [6, 6.07) is 21.3. The number of carbonyl (C=O) groups excluding carboxylic acids is 2. The highest BCUT2D eigenvalue weighted by Gasteiger charge is 2.26. The highest BCUT2D eigenvalue weighted by molar-refractivity contribution is 7.84. The molecule has 2 heterocycles. The number of imidazole rings is 1. The van der Waals surface area contributed by atoms with Crippen molar-refractivity contribution in [1.29, 1.82) is 0 Å². The van der Waals surface area contributed by atoms with Gasteiger partial charge in [-0.3, -0.25) is 13.8 Å². The lowest BCUT2D eigenvalue weighted by Gasteiger charge is -2.22. The number of amides is 1. The lowest BCUT2D eigenvalue weighted by atomic mass is 9.99. The number of nitrogens with one attached hydrogen (secondary N) is 1. The van der Waals surface area contributed by atoms with Gasteiger partial charge in [-0.05, 0) is 91.1 Å². The molecule has 1 N–H and O–H groups in total. The normalized spacial score (nSPS) is 15.0. The number of carbonyl (C=O) groups is 2. The zero-order valence-electron chi connectivity index (χ0n) is 30.6. The molecular formula is C41H50N4O6S.